The van der Waals surface area contributed by atoms with Crippen LogP contribution in [0.25, 0.3) is 0 Å². The van der Waals surface area contributed by atoms with E-state index in [9.17, 15) is 0 Å². The first-order chi connectivity index (χ1) is 14.7. The van der Waals surface area contributed by atoms with Gasteiger partial charge in [0, 0.05) is 63.7 Å². The zero-order valence-electron chi connectivity index (χ0n) is 18.6. The largest absolute Gasteiger partial charge is 0.356 e. The van der Waals surface area contributed by atoms with Crippen molar-refractivity contribution in [2.24, 2.45) is 4.99 Å². The average molecular weight is 555 g/mol. The maximum Gasteiger partial charge on any atom is 0.191 e. The summed E-state index contributed by atoms with van der Waals surface area (Å²) in [4.78, 5) is 14.2. The predicted molar refractivity (Wildman–Crippen MR) is 142 cm³/mol. The molecular formula is C23H35IN6S. The SMILES string of the molecule is CN=C(NCCc1csc(N2CCCC2)n1)NC1CC(C)N(Cc2ccccc2)C1.I. The molecule has 2 aliphatic rings. The highest BCUT2D eigenvalue weighted by molar-refractivity contribution is 14.0. The molecule has 0 amide bonds. The Labute approximate surface area is 207 Å². The van der Waals surface area contributed by atoms with Crippen LogP contribution in [0.1, 0.15) is 37.4 Å². The quantitative estimate of drug-likeness (QED) is 0.311. The zero-order chi connectivity index (χ0) is 20.8. The van der Waals surface area contributed by atoms with Gasteiger partial charge in [-0.2, -0.15) is 0 Å². The molecule has 170 valence electrons. The van der Waals surface area contributed by atoms with Crippen LogP contribution >= 0.6 is 35.3 Å². The highest BCUT2D eigenvalue weighted by atomic mass is 127. The van der Waals surface area contributed by atoms with Crippen LogP contribution in [0.3, 0.4) is 0 Å². The topological polar surface area (TPSA) is 55.8 Å². The molecule has 8 heteroatoms. The second-order valence-electron chi connectivity index (χ2n) is 8.41. The molecule has 2 aromatic rings. The van der Waals surface area contributed by atoms with E-state index in [4.69, 9.17) is 4.98 Å². The van der Waals surface area contributed by atoms with Crippen molar-refractivity contribution in [1.82, 2.24) is 20.5 Å². The van der Waals surface area contributed by atoms with Gasteiger partial charge in [-0.15, -0.1) is 35.3 Å². The van der Waals surface area contributed by atoms with E-state index in [2.05, 4.69) is 68.1 Å². The number of likely N-dealkylation sites (tertiary alicyclic amines) is 1. The minimum Gasteiger partial charge on any atom is -0.356 e. The van der Waals surface area contributed by atoms with Crippen molar-refractivity contribution in [3.8, 4) is 0 Å². The Bertz CT molecular complexity index is 820. The number of aliphatic imine (C=N–C) groups is 1. The van der Waals surface area contributed by atoms with E-state index in [0.29, 0.717) is 12.1 Å². The lowest BCUT2D eigenvalue weighted by Crippen LogP contribution is -2.45. The summed E-state index contributed by atoms with van der Waals surface area (Å²) in [5.74, 6) is 0.892. The second kappa shape index (κ2) is 12.0. The van der Waals surface area contributed by atoms with Gasteiger partial charge in [0.25, 0.3) is 0 Å². The molecule has 0 bridgehead atoms. The number of hydrogen-bond donors (Lipinski definition) is 2. The van der Waals surface area contributed by atoms with Crippen LogP contribution in [0.2, 0.25) is 0 Å². The number of rotatable bonds is 7. The third kappa shape index (κ3) is 6.79. The third-order valence-corrected chi connectivity index (χ3v) is 7.04. The molecule has 2 fully saturated rings. The fraction of sp³-hybridized carbons (Fsp3) is 0.565. The van der Waals surface area contributed by atoms with Crippen molar-refractivity contribution in [3.63, 3.8) is 0 Å². The molecule has 1 aromatic carbocycles. The highest BCUT2D eigenvalue weighted by Gasteiger charge is 2.29. The summed E-state index contributed by atoms with van der Waals surface area (Å²) in [7, 11) is 1.85. The number of hydrogen-bond acceptors (Lipinski definition) is 5. The lowest BCUT2D eigenvalue weighted by molar-refractivity contribution is 0.258. The van der Waals surface area contributed by atoms with Crippen LogP contribution in [0.4, 0.5) is 5.13 Å². The van der Waals surface area contributed by atoms with Crippen LogP contribution in [0.5, 0.6) is 0 Å². The molecule has 2 aliphatic heterocycles. The van der Waals surface area contributed by atoms with Crippen LogP contribution in [-0.2, 0) is 13.0 Å². The van der Waals surface area contributed by atoms with Crippen LogP contribution in [0.15, 0.2) is 40.7 Å². The lowest BCUT2D eigenvalue weighted by atomic mass is 10.2. The smallest absolute Gasteiger partial charge is 0.191 e. The summed E-state index contributed by atoms with van der Waals surface area (Å²) in [6.45, 7) is 7.53. The van der Waals surface area contributed by atoms with Gasteiger partial charge in [-0.05, 0) is 31.7 Å². The number of halogens is 1. The molecule has 1 aromatic heterocycles. The molecule has 2 unspecified atom stereocenters. The van der Waals surface area contributed by atoms with Gasteiger partial charge in [0.05, 0.1) is 5.69 Å². The maximum atomic E-state index is 4.82. The molecule has 0 aliphatic carbocycles. The Hall–Kier alpha value is -1.39. The molecule has 2 atom stereocenters. The fourth-order valence-electron chi connectivity index (χ4n) is 4.40. The maximum absolute atomic E-state index is 4.82. The lowest BCUT2D eigenvalue weighted by Gasteiger charge is -2.21. The average Bonchev–Trinajstić information content (AvgIpc) is 3.50. The van der Waals surface area contributed by atoms with Gasteiger partial charge in [-0.25, -0.2) is 4.98 Å². The molecule has 4 rings (SSSR count). The Morgan fingerprint density at radius 3 is 2.74 bits per heavy atom. The number of nitrogens with zero attached hydrogens (tertiary/aromatic N) is 4. The van der Waals surface area contributed by atoms with Crippen molar-refractivity contribution in [1.29, 1.82) is 0 Å². The summed E-state index contributed by atoms with van der Waals surface area (Å²) in [6, 6.07) is 11.7. The molecule has 0 spiro atoms. The van der Waals surface area contributed by atoms with Gasteiger partial charge in [0.15, 0.2) is 11.1 Å². The standard InChI is InChI=1S/C23H34N6S.HI/c1-18-14-21(16-29(18)15-19-8-4-3-5-9-19)26-22(24-2)25-11-10-20-17-30-23(27-20)28-12-6-7-13-28;/h3-5,8-9,17-18,21H,6-7,10-16H2,1-2H3,(H2,24,25,26);1H. The van der Waals surface area contributed by atoms with Gasteiger partial charge in [0.2, 0.25) is 0 Å². The van der Waals surface area contributed by atoms with Gasteiger partial charge >= 0.3 is 0 Å². The summed E-state index contributed by atoms with van der Waals surface area (Å²) >= 11 is 1.77. The number of benzene rings is 1. The normalized spacial score (nSPS) is 21.9. The Balaban J connectivity index is 0.00000272. The van der Waals surface area contributed by atoms with Crippen molar-refractivity contribution in [2.45, 2.75) is 51.2 Å². The van der Waals surface area contributed by atoms with E-state index in [1.807, 2.05) is 7.05 Å². The zero-order valence-corrected chi connectivity index (χ0v) is 21.7. The van der Waals surface area contributed by atoms with E-state index in [1.54, 1.807) is 11.3 Å². The van der Waals surface area contributed by atoms with E-state index in [-0.39, 0.29) is 24.0 Å². The number of thiazole rings is 1. The molecule has 6 nitrogen and oxygen atoms in total. The van der Waals surface area contributed by atoms with E-state index >= 15 is 0 Å². The minimum atomic E-state index is 0. The first-order valence-electron chi connectivity index (χ1n) is 11.2. The summed E-state index contributed by atoms with van der Waals surface area (Å²) in [6.07, 6.45) is 4.65. The molecule has 0 radical (unpaired) electrons. The van der Waals surface area contributed by atoms with Gasteiger partial charge < -0.3 is 15.5 Å². The molecule has 2 saturated heterocycles. The highest BCUT2D eigenvalue weighted by Crippen LogP contribution is 2.24. The molecule has 31 heavy (non-hydrogen) atoms. The van der Waals surface area contributed by atoms with E-state index < -0.39 is 0 Å². The number of anilines is 1. The summed E-state index contributed by atoms with van der Waals surface area (Å²) < 4.78 is 0. The first-order valence-corrected chi connectivity index (χ1v) is 12.0. The molecular weight excluding hydrogens is 519 g/mol. The summed E-state index contributed by atoms with van der Waals surface area (Å²) in [5, 5.41) is 10.5. The predicted octanol–water partition coefficient (Wildman–Crippen LogP) is 3.73. The number of guanidine groups is 1. The van der Waals surface area contributed by atoms with Crippen LogP contribution in [-0.4, -0.2) is 61.2 Å². The van der Waals surface area contributed by atoms with Crippen LogP contribution < -0.4 is 15.5 Å². The van der Waals surface area contributed by atoms with E-state index in [1.165, 1.54) is 29.2 Å². The minimum absolute atomic E-state index is 0. The third-order valence-electron chi connectivity index (χ3n) is 6.09. The van der Waals surface area contributed by atoms with E-state index in [0.717, 1.165) is 51.5 Å². The Kier molecular flexibility index (Phi) is 9.40. The second-order valence-corrected chi connectivity index (χ2v) is 9.24. The van der Waals surface area contributed by atoms with Gasteiger partial charge in [0.1, 0.15) is 0 Å². The molecule has 2 N–H and O–H groups in total. The first kappa shape index (κ1) is 24.3. The molecule has 0 saturated carbocycles. The number of aromatic nitrogens is 1. The Morgan fingerprint density at radius 2 is 2.00 bits per heavy atom. The fourth-order valence-corrected chi connectivity index (χ4v) is 5.32. The molecule has 3 heterocycles. The summed E-state index contributed by atoms with van der Waals surface area (Å²) in [5.41, 5.74) is 2.55. The monoisotopic (exact) mass is 554 g/mol. The van der Waals surface area contributed by atoms with Crippen molar-refractivity contribution < 1.29 is 0 Å². The van der Waals surface area contributed by atoms with Gasteiger partial charge in [-0.1, -0.05) is 30.3 Å². The number of nitrogens with one attached hydrogen (secondary N) is 2. The van der Waals surface area contributed by atoms with Crippen molar-refractivity contribution >= 4 is 46.4 Å². The van der Waals surface area contributed by atoms with Crippen LogP contribution in [0, 0.1) is 0 Å². The van der Waals surface area contributed by atoms with Crippen molar-refractivity contribution in [2.75, 3.05) is 38.1 Å². The van der Waals surface area contributed by atoms with Crippen molar-refractivity contribution in [3.05, 3.63) is 47.0 Å². The van der Waals surface area contributed by atoms with Gasteiger partial charge in [-0.3, -0.25) is 9.89 Å². The Morgan fingerprint density at radius 1 is 1.23 bits per heavy atom.